The van der Waals surface area contributed by atoms with Crippen molar-refractivity contribution in [2.45, 2.75) is 26.2 Å². The summed E-state index contributed by atoms with van der Waals surface area (Å²) in [6.07, 6.45) is -3.58. The number of alkyl halides is 2. The highest BCUT2D eigenvalue weighted by atomic mass is 32.1. The number of ether oxygens (including phenoxy) is 2. The fourth-order valence-electron chi connectivity index (χ4n) is 2.08. The zero-order valence-electron chi connectivity index (χ0n) is 10.8. The molecular formula is C13H12F2N2O2S. The third-order valence-electron chi connectivity index (χ3n) is 2.96. The number of halogens is 2. The Balaban J connectivity index is 1.79. The Hall–Kier alpha value is -1.89. The minimum Gasteiger partial charge on any atom is -0.395 e. The van der Waals surface area contributed by atoms with Crippen molar-refractivity contribution >= 4 is 17.0 Å². The highest BCUT2D eigenvalue weighted by Gasteiger charge is 2.43. The highest BCUT2D eigenvalue weighted by Crippen LogP contribution is 2.42. The maximum Gasteiger partial charge on any atom is 0.586 e. The normalized spacial score (nSPS) is 17.0. The van der Waals surface area contributed by atoms with Crippen LogP contribution in [0.2, 0.25) is 0 Å². The summed E-state index contributed by atoms with van der Waals surface area (Å²) < 4.78 is 34.7. The first-order chi connectivity index (χ1) is 9.44. The third kappa shape index (κ3) is 2.40. The SMILES string of the molecule is Cc1ncsc1C(C)Nc1ccc2c(c1)OC(F)(F)O2. The summed E-state index contributed by atoms with van der Waals surface area (Å²) in [5.74, 6) is 0.0791. The second kappa shape index (κ2) is 4.59. The van der Waals surface area contributed by atoms with E-state index in [4.69, 9.17) is 0 Å². The van der Waals surface area contributed by atoms with Gasteiger partial charge in [-0.1, -0.05) is 0 Å². The minimum absolute atomic E-state index is 0.0309. The van der Waals surface area contributed by atoms with E-state index in [9.17, 15) is 8.78 Å². The van der Waals surface area contributed by atoms with E-state index >= 15 is 0 Å². The number of aryl methyl sites for hydroxylation is 1. The number of aromatic nitrogens is 1. The van der Waals surface area contributed by atoms with E-state index in [0.717, 1.165) is 10.6 Å². The van der Waals surface area contributed by atoms with Crippen molar-refractivity contribution < 1.29 is 18.3 Å². The Morgan fingerprint density at radius 1 is 1.30 bits per heavy atom. The van der Waals surface area contributed by atoms with Crippen molar-refractivity contribution in [3.63, 3.8) is 0 Å². The molecule has 1 aromatic heterocycles. The van der Waals surface area contributed by atoms with Crippen LogP contribution in [0, 0.1) is 6.92 Å². The quantitative estimate of drug-likeness (QED) is 0.932. The van der Waals surface area contributed by atoms with Crippen LogP contribution in [-0.4, -0.2) is 11.3 Å². The van der Waals surface area contributed by atoms with Gasteiger partial charge in [0.1, 0.15) is 0 Å². The lowest BCUT2D eigenvalue weighted by molar-refractivity contribution is -0.286. The number of anilines is 1. The Bertz CT molecular complexity index is 645. The van der Waals surface area contributed by atoms with Gasteiger partial charge in [-0.05, 0) is 26.0 Å². The standard InChI is InChI=1S/C13H12F2N2O2S/c1-7-12(20-6-16-7)8(2)17-9-3-4-10-11(5-9)19-13(14,15)18-10/h3-6,8,17H,1-2H3. The van der Waals surface area contributed by atoms with Crippen molar-refractivity contribution in [2.75, 3.05) is 5.32 Å². The Morgan fingerprint density at radius 2 is 2.05 bits per heavy atom. The average molecular weight is 298 g/mol. The molecule has 1 atom stereocenters. The van der Waals surface area contributed by atoms with Crippen LogP contribution in [0.4, 0.5) is 14.5 Å². The summed E-state index contributed by atoms with van der Waals surface area (Å²) in [6.45, 7) is 3.92. The van der Waals surface area contributed by atoms with Crippen LogP contribution in [-0.2, 0) is 0 Å². The number of thiazole rings is 1. The zero-order chi connectivity index (χ0) is 14.3. The maximum absolute atomic E-state index is 12.9. The van der Waals surface area contributed by atoms with Gasteiger partial charge in [-0.2, -0.15) is 0 Å². The van der Waals surface area contributed by atoms with Gasteiger partial charge in [-0.15, -0.1) is 20.1 Å². The summed E-state index contributed by atoms with van der Waals surface area (Å²) in [7, 11) is 0. The highest BCUT2D eigenvalue weighted by molar-refractivity contribution is 7.09. The first-order valence-electron chi connectivity index (χ1n) is 6.01. The monoisotopic (exact) mass is 298 g/mol. The van der Waals surface area contributed by atoms with E-state index in [0.29, 0.717) is 5.69 Å². The van der Waals surface area contributed by atoms with E-state index in [1.54, 1.807) is 22.9 Å². The van der Waals surface area contributed by atoms with Gasteiger partial charge in [0.05, 0.1) is 17.2 Å². The smallest absolute Gasteiger partial charge is 0.395 e. The van der Waals surface area contributed by atoms with Gasteiger partial charge in [-0.25, -0.2) is 4.98 Å². The summed E-state index contributed by atoms with van der Waals surface area (Å²) in [5, 5.41) is 3.23. The molecule has 0 saturated heterocycles. The van der Waals surface area contributed by atoms with E-state index < -0.39 is 6.29 Å². The van der Waals surface area contributed by atoms with Crippen LogP contribution in [0.25, 0.3) is 0 Å². The van der Waals surface area contributed by atoms with Gasteiger partial charge in [0, 0.05) is 16.6 Å². The van der Waals surface area contributed by atoms with Crippen molar-refractivity contribution in [1.29, 1.82) is 0 Å². The van der Waals surface area contributed by atoms with Crippen molar-refractivity contribution in [3.8, 4) is 11.5 Å². The number of nitrogens with one attached hydrogen (secondary N) is 1. The topological polar surface area (TPSA) is 43.4 Å². The van der Waals surface area contributed by atoms with Gasteiger partial charge >= 0.3 is 6.29 Å². The summed E-state index contributed by atoms with van der Waals surface area (Å²) in [4.78, 5) is 5.30. The van der Waals surface area contributed by atoms with Crippen LogP contribution < -0.4 is 14.8 Å². The molecule has 1 aliphatic heterocycles. The average Bonchev–Trinajstić information content (AvgIpc) is 2.90. The van der Waals surface area contributed by atoms with Crippen LogP contribution in [0.1, 0.15) is 23.5 Å². The molecule has 1 aliphatic rings. The lowest BCUT2D eigenvalue weighted by atomic mass is 10.2. The van der Waals surface area contributed by atoms with Gasteiger partial charge in [0.25, 0.3) is 0 Å². The molecule has 0 aliphatic carbocycles. The number of fused-ring (bicyclic) bond motifs is 1. The first-order valence-corrected chi connectivity index (χ1v) is 6.89. The zero-order valence-corrected chi connectivity index (χ0v) is 11.6. The fraction of sp³-hybridized carbons (Fsp3) is 0.308. The second-order valence-electron chi connectivity index (χ2n) is 4.50. The molecule has 0 saturated carbocycles. The Labute approximate surface area is 118 Å². The Morgan fingerprint density at radius 3 is 2.75 bits per heavy atom. The molecule has 1 N–H and O–H groups in total. The van der Waals surface area contributed by atoms with Gasteiger partial charge in [0.2, 0.25) is 0 Å². The van der Waals surface area contributed by atoms with Gasteiger partial charge in [0.15, 0.2) is 11.5 Å². The summed E-state index contributed by atoms with van der Waals surface area (Å²) in [6, 6.07) is 4.67. The second-order valence-corrected chi connectivity index (χ2v) is 5.38. The van der Waals surface area contributed by atoms with Gasteiger partial charge < -0.3 is 14.8 Å². The van der Waals surface area contributed by atoms with E-state index in [1.165, 1.54) is 12.1 Å². The molecule has 2 aromatic rings. The molecule has 2 heterocycles. The molecule has 0 fully saturated rings. The molecule has 1 unspecified atom stereocenters. The van der Waals surface area contributed by atoms with Crippen molar-refractivity contribution in [3.05, 3.63) is 34.3 Å². The summed E-state index contributed by atoms with van der Waals surface area (Å²) >= 11 is 1.55. The number of nitrogens with zero attached hydrogens (tertiary/aromatic N) is 1. The number of hydrogen-bond donors (Lipinski definition) is 1. The molecule has 1 aromatic carbocycles. The fourth-order valence-corrected chi connectivity index (χ4v) is 2.89. The van der Waals surface area contributed by atoms with E-state index in [1.807, 2.05) is 13.8 Å². The predicted molar refractivity (Wildman–Crippen MR) is 71.5 cm³/mol. The largest absolute Gasteiger partial charge is 0.586 e. The van der Waals surface area contributed by atoms with Crippen LogP contribution in [0.15, 0.2) is 23.7 Å². The van der Waals surface area contributed by atoms with Crippen molar-refractivity contribution in [2.24, 2.45) is 0 Å². The van der Waals surface area contributed by atoms with Crippen molar-refractivity contribution in [1.82, 2.24) is 4.98 Å². The molecule has 0 amide bonds. The lowest BCUT2D eigenvalue weighted by Crippen LogP contribution is -2.25. The lowest BCUT2D eigenvalue weighted by Gasteiger charge is -2.14. The third-order valence-corrected chi connectivity index (χ3v) is 4.07. The molecule has 0 radical (unpaired) electrons. The Kier molecular flexibility index (Phi) is 3.01. The molecule has 0 bridgehead atoms. The number of hydrogen-bond acceptors (Lipinski definition) is 5. The molecular weight excluding hydrogens is 286 g/mol. The molecule has 20 heavy (non-hydrogen) atoms. The molecule has 3 rings (SSSR count). The first kappa shape index (κ1) is 13.1. The molecule has 4 nitrogen and oxygen atoms in total. The molecule has 7 heteroatoms. The van der Waals surface area contributed by atoms with Crippen LogP contribution in [0.5, 0.6) is 11.5 Å². The van der Waals surface area contributed by atoms with Gasteiger partial charge in [-0.3, -0.25) is 0 Å². The minimum atomic E-state index is -3.58. The molecule has 106 valence electrons. The van der Waals surface area contributed by atoms with E-state index in [-0.39, 0.29) is 17.5 Å². The number of benzene rings is 1. The maximum atomic E-state index is 12.9. The van der Waals surface area contributed by atoms with E-state index in [2.05, 4.69) is 19.8 Å². The van der Waals surface area contributed by atoms with Crippen LogP contribution in [0.3, 0.4) is 0 Å². The predicted octanol–water partition coefficient (Wildman–Crippen LogP) is 3.95. The molecule has 0 spiro atoms. The number of rotatable bonds is 3. The van der Waals surface area contributed by atoms with Crippen LogP contribution >= 0.6 is 11.3 Å². The summed E-state index contributed by atoms with van der Waals surface area (Å²) in [5.41, 5.74) is 3.43.